The van der Waals surface area contributed by atoms with Crippen LogP contribution in [-0.4, -0.2) is 44.3 Å². The number of carbonyl (C=O) groups excluding carboxylic acids is 2. The fraction of sp³-hybridized carbons (Fsp3) is 0.278. The fourth-order valence-corrected chi connectivity index (χ4v) is 6.67. The summed E-state index contributed by atoms with van der Waals surface area (Å²) in [5, 5.41) is 3.02. The van der Waals surface area contributed by atoms with E-state index < -0.39 is 28.5 Å². The molecule has 0 heterocycles. The van der Waals surface area contributed by atoms with Gasteiger partial charge in [0.2, 0.25) is 11.8 Å². The van der Waals surface area contributed by atoms with Crippen molar-refractivity contribution < 1.29 is 18.0 Å². The van der Waals surface area contributed by atoms with Gasteiger partial charge in [-0.2, -0.15) is 0 Å². The summed E-state index contributed by atoms with van der Waals surface area (Å²) in [6, 6.07) is 29.9. The van der Waals surface area contributed by atoms with Gasteiger partial charge in [0.1, 0.15) is 12.6 Å². The quantitative estimate of drug-likeness (QED) is 0.147. The third-order valence-electron chi connectivity index (χ3n) is 7.54. The average molecular weight is 691 g/mol. The van der Waals surface area contributed by atoms with Crippen LogP contribution in [0.25, 0.3) is 0 Å². The van der Waals surface area contributed by atoms with Crippen molar-refractivity contribution in [3.63, 3.8) is 0 Å². The van der Waals surface area contributed by atoms with Gasteiger partial charge in [0, 0.05) is 24.0 Å². The van der Waals surface area contributed by atoms with Gasteiger partial charge in [0.25, 0.3) is 10.0 Å². The number of amides is 2. The minimum atomic E-state index is -4.14. The molecular formula is C36H40BrN3O4S. The predicted octanol–water partition coefficient (Wildman–Crippen LogP) is 6.82. The second kappa shape index (κ2) is 15.9. The molecular weight excluding hydrogens is 650 g/mol. The van der Waals surface area contributed by atoms with Gasteiger partial charge >= 0.3 is 0 Å². The molecule has 0 aliphatic carbocycles. The minimum Gasteiger partial charge on any atom is -0.354 e. The number of benzene rings is 4. The number of anilines is 1. The van der Waals surface area contributed by atoms with Crippen LogP contribution in [0.5, 0.6) is 0 Å². The van der Waals surface area contributed by atoms with E-state index in [2.05, 4.69) is 21.2 Å². The highest BCUT2D eigenvalue weighted by Gasteiger charge is 2.34. The van der Waals surface area contributed by atoms with E-state index in [1.165, 1.54) is 4.90 Å². The lowest BCUT2D eigenvalue weighted by Crippen LogP contribution is -2.53. The molecule has 0 aromatic heterocycles. The molecule has 1 atom stereocenters. The Morgan fingerprint density at radius 3 is 2.16 bits per heavy atom. The number of halogens is 1. The van der Waals surface area contributed by atoms with Crippen LogP contribution in [0.2, 0.25) is 0 Å². The van der Waals surface area contributed by atoms with E-state index >= 15 is 0 Å². The Morgan fingerprint density at radius 2 is 1.51 bits per heavy atom. The van der Waals surface area contributed by atoms with Crippen molar-refractivity contribution >= 4 is 43.5 Å². The molecule has 0 unspecified atom stereocenters. The monoisotopic (exact) mass is 689 g/mol. The number of carbonyl (C=O) groups is 2. The first-order chi connectivity index (χ1) is 21.6. The van der Waals surface area contributed by atoms with E-state index in [9.17, 15) is 18.0 Å². The van der Waals surface area contributed by atoms with E-state index in [1.54, 1.807) is 42.5 Å². The van der Waals surface area contributed by atoms with Gasteiger partial charge in [0.05, 0.1) is 10.6 Å². The van der Waals surface area contributed by atoms with Crippen molar-refractivity contribution in [1.29, 1.82) is 0 Å². The summed E-state index contributed by atoms with van der Waals surface area (Å²) in [4.78, 5) is 29.9. The zero-order valence-electron chi connectivity index (χ0n) is 25.9. The molecule has 0 saturated heterocycles. The Kier molecular flexibility index (Phi) is 12.0. The molecule has 0 spiro atoms. The van der Waals surface area contributed by atoms with Crippen LogP contribution in [-0.2, 0) is 32.6 Å². The summed E-state index contributed by atoms with van der Waals surface area (Å²) in [5.41, 5.74) is 3.86. The third kappa shape index (κ3) is 9.28. The Labute approximate surface area is 275 Å². The van der Waals surface area contributed by atoms with E-state index in [0.717, 1.165) is 43.9 Å². The standard InChI is InChI=1S/C36H40BrN3O4S/c1-4-5-22-38-36(42)34(24-29-11-7-6-8-12-29)39(25-30-16-18-31(37)19-17-30)35(41)26-40(32-13-9-10-28(3)23-32)45(43,44)33-20-14-27(2)15-21-33/h6-21,23,34H,4-5,22,24-26H2,1-3H3,(H,38,42)/t34-/m1/s1. The average Bonchev–Trinajstić information content (AvgIpc) is 3.03. The first-order valence-corrected chi connectivity index (χ1v) is 17.3. The molecule has 0 fully saturated rings. The first kappa shape index (κ1) is 33.9. The van der Waals surface area contributed by atoms with Crippen molar-refractivity contribution in [2.24, 2.45) is 0 Å². The number of nitrogens with one attached hydrogen (secondary N) is 1. The van der Waals surface area contributed by atoms with Crippen LogP contribution in [0, 0.1) is 13.8 Å². The van der Waals surface area contributed by atoms with Crippen molar-refractivity contribution in [2.45, 2.75) is 57.5 Å². The second-order valence-corrected chi connectivity index (χ2v) is 13.9. The number of hydrogen-bond acceptors (Lipinski definition) is 4. The van der Waals surface area contributed by atoms with Crippen LogP contribution in [0.1, 0.15) is 42.0 Å². The van der Waals surface area contributed by atoms with Crippen LogP contribution >= 0.6 is 15.9 Å². The van der Waals surface area contributed by atoms with E-state index in [-0.39, 0.29) is 23.8 Å². The Morgan fingerprint density at radius 1 is 0.822 bits per heavy atom. The largest absolute Gasteiger partial charge is 0.354 e. The maximum Gasteiger partial charge on any atom is 0.264 e. The van der Waals surface area contributed by atoms with Crippen LogP contribution < -0.4 is 9.62 Å². The molecule has 4 aromatic rings. The third-order valence-corrected chi connectivity index (χ3v) is 9.86. The van der Waals surface area contributed by atoms with Crippen molar-refractivity contribution in [3.05, 3.63) is 130 Å². The number of unbranched alkanes of at least 4 members (excludes halogenated alkanes) is 1. The Balaban J connectivity index is 1.78. The molecule has 4 aromatic carbocycles. The maximum atomic E-state index is 14.5. The molecule has 0 bridgehead atoms. The topological polar surface area (TPSA) is 86.8 Å². The molecule has 2 amide bonds. The van der Waals surface area contributed by atoms with Crippen LogP contribution in [0.4, 0.5) is 5.69 Å². The van der Waals surface area contributed by atoms with Crippen LogP contribution in [0.3, 0.4) is 0 Å². The number of hydrogen-bond donors (Lipinski definition) is 1. The number of sulfonamides is 1. The zero-order valence-corrected chi connectivity index (χ0v) is 28.4. The number of nitrogens with zero attached hydrogens (tertiary/aromatic N) is 2. The molecule has 0 saturated carbocycles. The summed E-state index contributed by atoms with van der Waals surface area (Å²) in [7, 11) is -4.14. The summed E-state index contributed by atoms with van der Waals surface area (Å²) in [6.07, 6.45) is 1.99. The molecule has 0 aliphatic heterocycles. The van der Waals surface area contributed by atoms with E-state index in [4.69, 9.17) is 0 Å². The minimum absolute atomic E-state index is 0.0833. The highest BCUT2D eigenvalue weighted by atomic mass is 79.9. The molecule has 1 N–H and O–H groups in total. The lowest BCUT2D eigenvalue weighted by Gasteiger charge is -2.34. The molecule has 236 valence electrons. The summed E-state index contributed by atoms with van der Waals surface area (Å²) in [6.45, 7) is 5.93. The van der Waals surface area contributed by atoms with Gasteiger partial charge < -0.3 is 10.2 Å². The van der Waals surface area contributed by atoms with Gasteiger partial charge in [-0.15, -0.1) is 0 Å². The molecule has 0 aliphatic rings. The van der Waals surface area contributed by atoms with Gasteiger partial charge in [-0.1, -0.05) is 102 Å². The fourth-order valence-electron chi connectivity index (χ4n) is 5.00. The normalized spacial score (nSPS) is 11.9. The molecule has 7 nitrogen and oxygen atoms in total. The summed E-state index contributed by atoms with van der Waals surface area (Å²) >= 11 is 3.47. The van der Waals surface area contributed by atoms with Gasteiger partial charge in [-0.25, -0.2) is 8.42 Å². The Bertz CT molecular complexity index is 1680. The van der Waals surface area contributed by atoms with Crippen molar-refractivity contribution in [1.82, 2.24) is 10.2 Å². The number of rotatable bonds is 14. The molecule has 45 heavy (non-hydrogen) atoms. The zero-order chi connectivity index (χ0) is 32.4. The van der Waals surface area contributed by atoms with E-state index in [1.807, 2.05) is 81.4 Å². The highest BCUT2D eigenvalue weighted by molar-refractivity contribution is 9.10. The van der Waals surface area contributed by atoms with Gasteiger partial charge in [-0.05, 0) is 73.4 Å². The SMILES string of the molecule is CCCCNC(=O)[C@@H](Cc1ccccc1)N(Cc1ccc(Br)cc1)C(=O)CN(c1cccc(C)c1)S(=O)(=O)c1ccc(C)cc1. The second-order valence-electron chi connectivity index (χ2n) is 11.2. The lowest BCUT2D eigenvalue weighted by atomic mass is 10.0. The molecule has 9 heteroatoms. The molecule has 4 rings (SSSR count). The summed E-state index contributed by atoms with van der Waals surface area (Å²) in [5.74, 6) is -0.761. The Hall–Kier alpha value is -3.95. The highest BCUT2D eigenvalue weighted by Crippen LogP contribution is 2.26. The van der Waals surface area contributed by atoms with Gasteiger partial charge in [-0.3, -0.25) is 13.9 Å². The van der Waals surface area contributed by atoms with Crippen LogP contribution in [0.15, 0.2) is 112 Å². The number of aryl methyl sites for hydroxylation is 2. The lowest BCUT2D eigenvalue weighted by molar-refractivity contribution is -0.140. The maximum absolute atomic E-state index is 14.5. The molecule has 0 radical (unpaired) electrons. The van der Waals surface area contributed by atoms with Gasteiger partial charge in [0.15, 0.2) is 0 Å². The smallest absolute Gasteiger partial charge is 0.264 e. The van der Waals surface area contributed by atoms with E-state index in [0.29, 0.717) is 12.2 Å². The first-order valence-electron chi connectivity index (χ1n) is 15.1. The summed E-state index contributed by atoms with van der Waals surface area (Å²) < 4.78 is 30.3. The van der Waals surface area contributed by atoms with Crippen molar-refractivity contribution in [3.8, 4) is 0 Å². The van der Waals surface area contributed by atoms with Crippen molar-refractivity contribution in [2.75, 3.05) is 17.4 Å². The predicted molar refractivity (Wildman–Crippen MR) is 183 cm³/mol.